The lowest BCUT2D eigenvalue weighted by Crippen LogP contribution is -2.51. The molecule has 0 fully saturated rings. The van der Waals surface area contributed by atoms with Crippen LogP contribution in [0, 0.1) is 0 Å². The first-order valence-corrected chi connectivity index (χ1v) is 3.94. The van der Waals surface area contributed by atoms with E-state index in [1.165, 1.54) is 6.26 Å². The van der Waals surface area contributed by atoms with Crippen LogP contribution in [0.3, 0.4) is 0 Å². The van der Waals surface area contributed by atoms with E-state index in [9.17, 15) is 0 Å². The minimum absolute atomic E-state index is 0.111. The molecule has 0 amide bonds. The van der Waals surface area contributed by atoms with Gasteiger partial charge in [0.05, 0.1) is 25.0 Å². The Morgan fingerprint density at radius 3 is 2.42 bits per heavy atom. The van der Waals surface area contributed by atoms with Gasteiger partial charge in [-0.1, -0.05) is 13.5 Å². The molecule has 72 valence electrons. The molecule has 0 aromatic heterocycles. The number of nitrogens with one attached hydrogen (secondary N) is 1. The minimum Gasteiger partial charge on any atom is -0.487 e. The average Bonchev–Trinajstić information content (AvgIpc) is 2.14. The van der Waals surface area contributed by atoms with Gasteiger partial charge in [-0.15, -0.1) is 0 Å². The Kier molecular flexibility index (Phi) is 5.70. The molecule has 4 nitrogen and oxygen atoms in total. The van der Waals surface area contributed by atoms with E-state index in [2.05, 4.69) is 11.9 Å². The van der Waals surface area contributed by atoms with Gasteiger partial charge in [-0.25, -0.2) is 0 Å². The van der Waals surface area contributed by atoms with E-state index in [1.807, 2.05) is 6.92 Å². The van der Waals surface area contributed by atoms with Crippen LogP contribution in [-0.4, -0.2) is 35.7 Å². The summed E-state index contributed by atoms with van der Waals surface area (Å²) in [4.78, 5) is 0. The van der Waals surface area contributed by atoms with E-state index in [0.717, 1.165) is 0 Å². The third-order valence-electron chi connectivity index (χ3n) is 1.93. The number of hydrogen-bond acceptors (Lipinski definition) is 4. The SMILES string of the molecule is C=COCNC(CC)(CO)CO. The minimum atomic E-state index is -0.636. The predicted molar refractivity (Wildman–Crippen MR) is 46.5 cm³/mol. The Bertz CT molecular complexity index is 115. The second-order valence-corrected chi connectivity index (χ2v) is 2.60. The summed E-state index contributed by atoms with van der Waals surface area (Å²) >= 11 is 0. The number of aliphatic hydroxyl groups is 2. The van der Waals surface area contributed by atoms with E-state index >= 15 is 0 Å². The molecule has 0 aliphatic carbocycles. The van der Waals surface area contributed by atoms with Crippen molar-refractivity contribution >= 4 is 0 Å². The number of ether oxygens (including phenoxy) is 1. The topological polar surface area (TPSA) is 61.7 Å². The van der Waals surface area contributed by atoms with Crippen LogP contribution >= 0.6 is 0 Å². The Hall–Kier alpha value is -0.580. The molecule has 0 spiro atoms. The fourth-order valence-electron chi connectivity index (χ4n) is 0.764. The summed E-state index contributed by atoms with van der Waals surface area (Å²) in [6, 6.07) is 0. The van der Waals surface area contributed by atoms with Crippen molar-refractivity contribution < 1.29 is 14.9 Å². The highest BCUT2D eigenvalue weighted by Crippen LogP contribution is 2.07. The Labute approximate surface area is 72.9 Å². The van der Waals surface area contributed by atoms with Gasteiger partial charge >= 0.3 is 0 Å². The Morgan fingerprint density at radius 2 is 2.08 bits per heavy atom. The lowest BCUT2D eigenvalue weighted by Gasteiger charge is -2.29. The highest BCUT2D eigenvalue weighted by atomic mass is 16.5. The van der Waals surface area contributed by atoms with Crippen LogP contribution < -0.4 is 5.32 Å². The van der Waals surface area contributed by atoms with Crippen molar-refractivity contribution in [1.82, 2.24) is 5.32 Å². The Morgan fingerprint density at radius 1 is 1.50 bits per heavy atom. The van der Waals surface area contributed by atoms with Gasteiger partial charge < -0.3 is 14.9 Å². The van der Waals surface area contributed by atoms with Gasteiger partial charge in [-0.3, -0.25) is 5.32 Å². The molecule has 0 unspecified atom stereocenters. The van der Waals surface area contributed by atoms with E-state index in [-0.39, 0.29) is 19.9 Å². The molecule has 0 saturated carbocycles. The highest BCUT2D eigenvalue weighted by Gasteiger charge is 2.25. The average molecular weight is 175 g/mol. The molecule has 0 heterocycles. The lowest BCUT2D eigenvalue weighted by atomic mass is 9.99. The molecule has 0 aromatic rings. The quantitative estimate of drug-likeness (QED) is 0.285. The van der Waals surface area contributed by atoms with Crippen molar-refractivity contribution in [2.24, 2.45) is 0 Å². The molecule has 0 aliphatic rings. The summed E-state index contributed by atoms with van der Waals surface area (Å²) in [5.41, 5.74) is -0.636. The first-order valence-electron chi connectivity index (χ1n) is 3.94. The normalized spacial score (nSPS) is 11.2. The van der Waals surface area contributed by atoms with E-state index in [0.29, 0.717) is 6.42 Å². The molecular formula is C8H17NO3. The predicted octanol–water partition coefficient (Wildman–Crippen LogP) is -0.173. The van der Waals surface area contributed by atoms with Crippen LogP contribution in [0.5, 0.6) is 0 Å². The first-order chi connectivity index (χ1) is 5.74. The van der Waals surface area contributed by atoms with Crippen molar-refractivity contribution in [1.29, 1.82) is 0 Å². The second kappa shape index (κ2) is 5.99. The molecule has 12 heavy (non-hydrogen) atoms. The van der Waals surface area contributed by atoms with Gasteiger partial charge in [0.2, 0.25) is 0 Å². The summed E-state index contributed by atoms with van der Waals surface area (Å²) in [7, 11) is 0. The largest absolute Gasteiger partial charge is 0.487 e. The van der Waals surface area contributed by atoms with Gasteiger partial charge in [0.25, 0.3) is 0 Å². The summed E-state index contributed by atoms with van der Waals surface area (Å²) < 4.78 is 4.83. The molecule has 0 aromatic carbocycles. The maximum atomic E-state index is 8.97. The monoisotopic (exact) mass is 175 g/mol. The summed E-state index contributed by atoms with van der Waals surface area (Å²) in [6.07, 6.45) is 1.95. The highest BCUT2D eigenvalue weighted by molar-refractivity contribution is 4.84. The third kappa shape index (κ3) is 3.21. The molecular weight excluding hydrogens is 158 g/mol. The fourth-order valence-corrected chi connectivity index (χ4v) is 0.764. The Balaban J connectivity index is 3.84. The zero-order valence-corrected chi connectivity index (χ0v) is 7.42. The van der Waals surface area contributed by atoms with Crippen molar-refractivity contribution in [3.05, 3.63) is 12.8 Å². The van der Waals surface area contributed by atoms with Crippen molar-refractivity contribution in [3.8, 4) is 0 Å². The van der Waals surface area contributed by atoms with Gasteiger partial charge in [0, 0.05) is 0 Å². The fraction of sp³-hybridized carbons (Fsp3) is 0.750. The van der Waals surface area contributed by atoms with Crippen molar-refractivity contribution in [2.45, 2.75) is 18.9 Å². The number of hydrogen-bond donors (Lipinski definition) is 3. The summed E-state index contributed by atoms with van der Waals surface area (Å²) in [6.45, 7) is 5.28. The van der Waals surface area contributed by atoms with E-state index in [4.69, 9.17) is 14.9 Å². The second-order valence-electron chi connectivity index (χ2n) is 2.60. The van der Waals surface area contributed by atoms with E-state index in [1.54, 1.807) is 0 Å². The maximum Gasteiger partial charge on any atom is 0.139 e. The van der Waals surface area contributed by atoms with Crippen LogP contribution in [0.1, 0.15) is 13.3 Å². The zero-order chi connectivity index (χ0) is 9.45. The summed E-state index contributed by atoms with van der Waals surface area (Å²) in [5.74, 6) is 0. The van der Waals surface area contributed by atoms with Crippen LogP contribution in [-0.2, 0) is 4.74 Å². The summed E-state index contributed by atoms with van der Waals surface area (Å²) in [5, 5.41) is 20.8. The van der Waals surface area contributed by atoms with Crippen LogP contribution in [0.25, 0.3) is 0 Å². The van der Waals surface area contributed by atoms with Gasteiger partial charge in [0.1, 0.15) is 6.73 Å². The molecule has 0 rings (SSSR count). The molecule has 0 atom stereocenters. The molecule has 0 aliphatic heterocycles. The first kappa shape index (κ1) is 11.4. The zero-order valence-electron chi connectivity index (χ0n) is 7.42. The molecule has 4 heteroatoms. The van der Waals surface area contributed by atoms with E-state index < -0.39 is 5.54 Å². The molecule has 0 bridgehead atoms. The number of rotatable bonds is 7. The van der Waals surface area contributed by atoms with Crippen molar-refractivity contribution in [3.63, 3.8) is 0 Å². The van der Waals surface area contributed by atoms with Gasteiger partial charge in [-0.05, 0) is 6.42 Å². The lowest BCUT2D eigenvalue weighted by molar-refractivity contribution is 0.0596. The van der Waals surface area contributed by atoms with Gasteiger partial charge in [0.15, 0.2) is 0 Å². The smallest absolute Gasteiger partial charge is 0.139 e. The van der Waals surface area contributed by atoms with Crippen molar-refractivity contribution in [2.75, 3.05) is 19.9 Å². The van der Waals surface area contributed by atoms with Crippen LogP contribution in [0.4, 0.5) is 0 Å². The molecule has 0 saturated heterocycles. The van der Waals surface area contributed by atoms with Crippen LogP contribution in [0.15, 0.2) is 12.8 Å². The van der Waals surface area contributed by atoms with Gasteiger partial charge in [-0.2, -0.15) is 0 Å². The third-order valence-corrected chi connectivity index (χ3v) is 1.93. The maximum absolute atomic E-state index is 8.97. The van der Waals surface area contributed by atoms with Crippen LogP contribution in [0.2, 0.25) is 0 Å². The molecule has 3 N–H and O–H groups in total. The standard InChI is InChI=1S/C8H17NO3/c1-3-8(5-10,6-11)9-7-12-4-2/h4,9-11H,2-3,5-7H2,1H3. The molecule has 0 radical (unpaired) electrons. The number of aliphatic hydroxyl groups excluding tert-OH is 2.